The first-order valence-corrected chi connectivity index (χ1v) is 8.67. The minimum atomic E-state index is 0.364. The Morgan fingerprint density at radius 3 is 2.69 bits per heavy atom. The second-order valence-corrected chi connectivity index (χ2v) is 6.19. The van der Waals surface area contributed by atoms with Gasteiger partial charge in [-0.25, -0.2) is 0 Å². The molecule has 0 aliphatic rings. The molecule has 2 N–H and O–H groups in total. The molecule has 6 nitrogen and oxygen atoms in total. The van der Waals surface area contributed by atoms with Gasteiger partial charge in [0.15, 0.2) is 5.82 Å². The van der Waals surface area contributed by atoms with E-state index in [-0.39, 0.29) is 0 Å². The van der Waals surface area contributed by atoms with E-state index in [2.05, 4.69) is 31.9 Å². The monoisotopic (exact) mass is 369 g/mol. The van der Waals surface area contributed by atoms with Crippen LogP contribution in [0.2, 0.25) is 5.02 Å². The van der Waals surface area contributed by atoms with Crippen LogP contribution in [-0.2, 0) is 0 Å². The summed E-state index contributed by atoms with van der Waals surface area (Å²) in [6.07, 6.45) is 1.55. The predicted octanol–water partition coefficient (Wildman–Crippen LogP) is 5.03. The number of benzene rings is 2. The molecular weight excluding hydrogens is 350 g/mol. The third kappa shape index (κ3) is 4.21. The highest BCUT2D eigenvalue weighted by molar-refractivity contribution is 6.33. The summed E-state index contributed by atoms with van der Waals surface area (Å²) in [7, 11) is 0. The van der Waals surface area contributed by atoms with Crippen molar-refractivity contribution in [3.63, 3.8) is 0 Å². The molecule has 2 aromatic carbocycles. The zero-order valence-corrected chi connectivity index (χ0v) is 15.6. The minimum Gasteiger partial charge on any atom is -0.492 e. The molecule has 0 aliphatic heterocycles. The molecular formula is C19H20ClN5O. The van der Waals surface area contributed by atoms with E-state index in [0.29, 0.717) is 23.4 Å². The van der Waals surface area contributed by atoms with Crippen molar-refractivity contribution in [2.45, 2.75) is 20.8 Å². The molecule has 0 aliphatic carbocycles. The number of hydrogen-bond acceptors (Lipinski definition) is 6. The van der Waals surface area contributed by atoms with Gasteiger partial charge in [-0.3, -0.25) is 0 Å². The number of ether oxygens (including phenoxy) is 1. The smallest absolute Gasteiger partial charge is 0.249 e. The fraction of sp³-hybridized carbons (Fsp3) is 0.211. The molecule has 0 fully saturated rings. The van der Waals surface area contributed by atoms with E-state index in [1.165, 1.54) is 0 Å². The van der Waals surface area contributed by atoms with Crippen molar-refractivity contribution in [1.29, 1.82) is 0 Å². The molecule has 0 radical (unpaired) electrons. The van der Waals surface area contributed by atoms with Crippen LogP contribution < -0.4 is 15.4 Å². The first kappa shape index (κ1) is 17.9. The summed E-state index contributed by atoms with van der Waals surface area (Å²) in [5, 5.41) is 15.0. The van der Waals surface area contributed by atoms with Crippen molar-refractivity contribution in [2.75, 3.05) is 17.2 Å². The number of halogens is 1. The largest absolute Gasteiger partial charge is 0.492 e. The van der Waals surface area contributed by atoms with E-state index < -0.39 is 0 Å². The average Bonchev–Trinajstić information content (AvgIpc) is 2.60. The van der Waals surface area contributed by atoms with Gasteiger partial charge in [0.2, 0.25) is 5.95 Å². The Morgan fingerprint density at radius 2 is 1.92 bits per heavy atom. The van der Waals surface area contributed by atoms with Crippen LogP contribution >= 0.6 is 11.6 Å². The summed E-state index contributed by atoms with van der Waals surface area (Å²) in [4.78, 5) is 4.46. The van der Waals surface area contributed by atoms with Crippen molar-refractivity contribution in [3.05, 3.63) is 58.7 Å². The molecule has 0 bridgehead atoms. The number of nitrogens with zero attached hydrogens (tertiary/aromatic N) is 3. The third-order valence-corrected chi connectivity index (χ3v) is 3.98. The van der Waals surface area contributed by atoms with Crippen molar-refractivity contribution < 1.29 is 4.74 Å². The zero-order valence-electron chi connectivity index (χ0n) is 14.9. The maximum Gasteiger partial charge on any atom is 0.249 e. The van der Waals surface area contributed by atoms with Crippen LogP contribution in [-0.4, -0.2) is 21.8 Å². The number of aryl methyl sites for hydroxylation is 2. The molecule has 3 aromatic rings. The van der Waals surface area contributed by atoms with E-state index in [1.54, 1.807) is 6.20 Å². The first-order valence-electron chi connectivity index (χ1n) is 8.29. The maximum absolute atomic E-state index is 6.35. The lowest BCUT2D eigenvalue weighted by Crippen LogP contribution is -2.04. The zero-order chi connectivity index (χ0) is 18.5. The van der Waals surface area contributed by atoms with E-state index in [4.69, 9.17) is 16.3 Å². The van der Waals surface area contributed by atoms with E-state index in [0.717, 1.165) is 28.3 Å². The highest BCUT2D eigenvalue weighted by Gasteiger charge is 2.09. The highest BCUT2D eigenvalue weighted by Crippen LogP contribution is 2.30. The second-order valence-electron chi connectivity index (χ2n) is 5.78. The Bertz CT molecular complexity index is 893. The Kier molecular flexibility index (Phi) is 5.53. The normalized spacial score (nSPS) is 10.5. The molecule has 0 atom stereocenters. The number of hydrogen-bond donors (Lipinski definition) is 2. The predicted molar refractivity (Wildman–Crippen MR) is 105 cm³/mol. The van der Waals surface area contributed by atoms with Gasteiger partial charge in [0.05, 0.1) is 29.2 Å². The van der Waals surface area contributed by atoms with Gasteiger partial charge in [-0.15, -0.1) is 5.10 Å². The van der Waals surface area contributed by atoms with Crippen LogP contribution in [0, 0.1) is 13.8 Å². The minimum absolute atomic E-state index is 0.364. The Hall–Kier alpha value is -2.86. The van der Waals surface area contributed by atoms with E-state index in [1.807, 2.05) is 51.1 Å². The van der Waals surface area contributed by atoms with Gasteiger partial charge >= 0.3 is 0 Å². The van der Waals surface area contributed by atoms with Crippen LogP contribution in [0.3, 0.4) is 0 Å². The van der Waals surface area contributed by atoms with Crippen LogP contribution in [0.15, 0.2) is 42.6 Å². The molecule has 1 heterocycles. The van der Waals surface area contributed by atoms with Gasteiger partial charge in [-0.2, -0.15) is 10.1 Å². The Morgan fingerprint density at radius 1 is 1.12 bits per heavy atom. The van der Waals surface area contributed by atoms with Crippen molar-refractivity contribution >= 4 is 34.7 Å². The van der Waals surface area contributed by atoms with Crippen molar-refractivity contribution in [1.82, 2.24) is 15.2 Å². The van der Waals surface area contributed by atoms with Crippen molar-refractivity contribution in [2.24, 2.45) is 0 Å². The SMILES string of the molecule is CCOc1ccccc1Nc1nncc(Nc2c(C)cc(C)cc2Cl)n1. The molecule has 26 heavy (non-hydrogen) atoms. The second kappa shape index (κ2) is 8.01. The van der Waals surface area contributed by atoms with Gasteiger partial charge < -0.3 is 15.4 Å². The molecule has 1 aromatic heterocycles. The molecule has 134 valence electrons. The van der Waals surface area contributed by atoms with Crippen LogP contribution in [0.5, 0.6) is 5.75 Å². The molecule has 7 heteroatoms. The van der Waals surface area contributed by atoms with Gasteiger partial charge in [-0.05, 0) is 50.1 Å². The summed E-state index contributed by atoms with van der Waals surface area (Å²) in [6, 6.07) is 11.6. The lowest BCUT2D eigenvalue weighted by Gasteiger charge is -2.13. The number of nitrogens with one attached hydrogen (secondary N) is 2. The molecule has 3 rings (SSSR count). The summed E-state index contributed by atoms with van der Waals surface area (Å²) < 4.78 is 5.61. The van der Waals surface area contributed by atoms with Gasteiger partial charge in [0.1, 0.15) is 5.75 Å². The lowest BCUT2D eigenvalue weighted by atomic mass is 10.1. The molecule has 0 spiro atoms. The highest BCUT2D eigenvalue weighted by atomic mass is 35.5. The van der Waals surface area contributed by atoms with Gasteiger partial charge in [0.25, 0.3) is 0 Å². The fourth-order valence-corrected chi connectivity index (χ4v) is 2.96. The Labute approximate surface area is 157 Å². The number of aromatic nitrogens is 3. The summed E-state index contributed by atoms with van der Waals surface area (Å²) in [5.74, 6) is 1.64. The van der Waals surface area contributed by atoms with E-state index in [9.17, 15) is 0 Å². The summed E-state index contributed by atoms with van der Waals surface area (Å²) >= 11 is 6.35. The number of para-hydroxylation sites is 2. The first-order chi connectivity index (χ1) is 12.6. The third-order valence-electron chi connectivity index (χ3n) is 3.68. The molecule has 0 amide bonds. The van der Waals surface area contributed by atoms with Gasteiger partial charge in [-0.1, -0.05) is 29.8 Å². The van der Waals surface area contributed by atoms with Crippen LogP contribution in [0.1, 0.15) is 18.1 Å². The average molecular weight is 370 g/mol. The topological polar surface area (TPSA) is 72.0 Å². The fourth-order valence-electron chi connectivity index (χ4n) is 2.59. The number of anilines is 4. The quantitative estimate of drug-likeness (QED) is 0.635. The lowest BCUT2D eigenvalue weighted by molar-refractivity contribution is 0.342. The molecule has 0 unspecified atom stereocenters. The van der Waals surface area contributed by atoms with Gasteiger partial charge in [0, 0.05) is 0 Å². The van der Waals surface area contributed by atoms with E-state index >= 15 is 0 Å². The summed E-state index contributed by atoms with van der Waals surface area (Å²) in [6.45, 7) is 6.51. The van der Waals surface area contributed by atoms with Crippen LogP contribution in [0.4, 0.5) is 23.1 Å². The number of rotatable bonds is 6. The standard InChI is InChI=1S/C19H20ClN5O/c1-4-26-16-8-6-5-7-15(16)22-19-24-17(11-21-25-19)23-18-13(3)9-12(2)10-14(18)20/h5-11H,4H2,1-3H3,(H2,22,23,24,25). The van der Waals surface area contributed by atoms with Crippen molar-refractivity contribution in [3.8, 4) is 5.75 Å². The maximum atomic E-state index is 6.35. The molecule has 0 saturated heterocycles. The molecule has 0 saturated carbocycles. The Balaban J connectivity index is 1.84. The summed E-state index contributed by atoms with van der Waals surface area (Å²) in [5.41, 5.74) is 3.72. The van der Waals surface area contributed by atoms with Crippen LogP contribution in [0.25, 0.3) is 0 Å².